The molecule has 2 aromatic carbocycles. The van der Waals surface area contributed by atoms with Crippen LogP contribution in [0, 0.1) is 17.0 Å². The molecule has 8 nitrogen and oxygen atoms in total. The molecule has 0 fully saturated rings. The van der Waals surface area contributed by atoms with Crippen molar-refractivity contribution >= 4 is 44.5 Å². The third-order valence-electron chi connectivity index (χ3n) is 4.25. The molecule has 0 saturated heterocycles. The number of hydrogen-bond donors (Lipinski definition) is 5. The van der Waals surface area contributed by atoms with Crippen LogP contribution in [0.5, 0.6) is 0 Å². The number of hydrogen-bond acceptors (Lipinski definition) is 7. The molecule has 0 aromatic heterocycles. The third-order valence-corrected chi connectivity index (χ3v) is 5.94. The molecular formula is C20H24ClF2N5O3S. The van der Waals surface area contributed by atoms with Gasteiger partial charge < -0.3 is 20.6 Å². The number of amidine groups is 1. The van der Waals surface area contributed by atoms with E-state index in [2.05, 4.69) is 10.6 Å². The highest BCUT2D eigenvalue weighted by Crippen LogP contribution is 2.34. The second-order valence-electron chi connectivity index (χ2n) is 6.88. The van der Waals surface area contributed by atoms with Crippen molar-refractivity contribution in [3.63, 3.8) is 0 Å². The fourth-order valence-electron chi connectivity index (χ4n) is 2.74. The van der Waals surface area contributed by atoms with Crippen LogP contribution >= 0.6 is 11.6 Å². The van der Waals surface area contributed by atoms with Crippen LogP contribution in [0.15, 0.2) is 47.1 Å². The van der Waals surface area contributed by atoms with Crippen molar-refractivity contribution in [3.8, 4) is 0 Å². The summed E-state index contributed by atoms with van der Waals surface area (Å²) in [5, 5.41) is 22.5. The zero-order valence-electron chi connectivity index (χ0n) is 17.6. The van der Waals surface area contributed by atoms with E-state index < -0.39 is 32.4 Å². The molecule has 174 valence electrons. The molecule has 32 heavy (non-hydrogen) atoms. The summed E-state index contributed by atoms with van der Waals surface area (Å²) in [6, 6.07) is 5.80. The molecule has 0 bridgehead atoms. The molecule has 0 radical (unpaired) electrons. The SMILES string of the molecule is CNCCN(C)c1cc(F)ccc1Nc1cc(F)c(S(=O)(=O)NC(=N)/C=C(/C)O)cc1Cl. The van der Waals surface area contributed by atoms with Gasteiger partial charge in [-0.25, -0.2) is 17.2 Å². The van der Waals surface area contributed by atoms with Crippen LogP contribution in [0.1, 0.15) is 6.92 Å². The van der Waals surface area contributed by atoms with Crippen molar-refractivity contribution in [2.45, 2.75) is 11.8 Å². The standard InChI is InChI=1S/C20H24ClF2N5O3S/c1-12(29)8-20(24)27-32(30,31)19-10-14(21)17(11-15(19)23)26-16-5-4-13(22)9-18(16)28(3)7-6-25-2/h4-5,8-11,25-26,29H,6-7H2,1-3H3,(H2,24,27)/b12-8-. The van der Waals surface area contributed by atoms with E-state index >= 15 is 0 Å². The Morgan fingerprint density at radius 3 is 2.56 bits per heavy atom. The Bertz CT molecular complexity index is 1140. The monoisotopic (exact) mass is 487 g/mol. The van der Waals surface area contributed by atoms with E-state index in [1.54, 1.807) is 19.0 Å². The molecule has 0 saturated carbocycles. The van der Waals surface area contributed by atoms with Crippen LogP contribution < -0.4 is 20.3 Å². The lowest BCUT2D eigenvalue weighted by molar-refractivity contribution is 0.415. The van der Waals surface area contributed by atoms with Crippen LogP contribution in [-0.2, 0) is 10.0 Å². The first-order valence-electron chi connectivity index (χ1n) is 9.34. The smallest absolute Gasteiger partial charge is 0.266 e. The molecule has 0 aliphatic carbocycles. The molecule has 0 aliphatic rings. The van der Waals surface area contributed by atoms with E-state index in [1.165, 1.54) is 25.1 Å². The molecule has 12 heteroatoms. The summed E-state index contributed by atoms with van der Waals surface area (Å²) in [4.78, 5) is 1.02. The molecule has 0 aliphatic heterocycles. The van der Waals surface area contributed by atoms with Crippen LogP contribution in [0.2, 0.25) is 5.02 Å². The van der Waals surface area contributed by atoms with E-state index in [-0.39, 0.29) is 16.5 Å². The highest BCUT2D eigenvalue weighted by atomic mass is 35.5. The summed E-state index contributed by atoms with van der Waals surface area (Å²) in [7, 11) is -0.919. The van der Waals surface area contributed by atoms with Gasteiger partial charge in [-0.3, -0.25) is 10.1 Å². The van der Waals surface area contributed by atoms with E-state index in [1.807, 2.05) is 4.72 Å². The Kier molecular flexibility index (Phi) is 8.42. The average molecular weight is 488 g/mol. The van der Waals surface area contributed by atoms with Gasteiger partial charge in [0.15, 0.2) is 0 Å². The predicted molar refractivity (Wildman–Crippen MR) is 123 cm³/mol. The second-order valence-corrected chi connectivity index (χ2v) is 8.94. The van der Waals surface area contributed by atoms with E-state index in [9.17, 15) is 17.2 Å². The lowest BCUT2D eigenvalue weighted by Crippen LogP contribution is -2.29. The molecule has 2 aromatic rings. The fraction of sp³-hybridized carbons (Fsp3) is 0.250. The van der Waals surface area contributed by atoms with Gasteiger partial charge in [-0.2, -0.15) is 0 Å². The van der Waals surface area contributed by atoms with Gasteiger partial charge in [0.05, 0.1) is 27.8 Å². The van der Waals surface area contributed by atoms with E-state index in [0.29, 0.717) is 24.5 Å². The maximum Gasteiger partial charge on any atom is 0.266 e. The summed E-state index contributed by atoms with van der Waals surface area (Å²) >= 11 is 6.20. The van der Waals surface area contributed by atoms with E-state index in [4.69, 9.17) is 22.1 Å². The Labute approximate surface area is 190 Å². The van der Waals surface area contributed by atoms with E-state index in [0.717, 1.165) is 18.2 Å². The van der Waals surface area contributed by atoms with Crippen molar-refractivity contribution < 1.29 is 22.3 Å². The molecule has 5 N–H and O–H groups in total. The Morgan fingerprint density at radius 1 is 1.25 bits per heavy atom. The maximum atomic E-state index is 14.7. The third kappa shape index (κ3) is 6.55. The van der Waals surface area contributed by atoms with Crippen LogP contribution in [0.25, 0.3) is 0 Å². The Morgan fingerprint density at radius 2 is 1.94 bits per heavy atom. The van der Waals surface area contributed by atoms with Crippen molar-refractivity contribution in [1.29, 1.82) is 5.41 Å². The number of aliphatic hydroxyl groups excluding tert-OH is 1. The quantitative estimate of drug-likeness (QED) is 0.209. The van der Waals surface area contributed by atoms with Crippen molar-refractivity contribution in [3.05, 3.63) is 58.8 Å². The van der Waals surface area contributed by atoms with Gasteiger partial charge in [-0.15, -0.1) is 0 Å². The highest BCUT2D eigenvalue weighted by molar-refractivity contribution is 7.90. The molecule has 0 unspecified atom stereocenters. The Balaban J connectivity index is 2.38. The number of sulfonamides is 1. The number of aliphatic hydroxyl groups is 1. The highest BCUT2D eigenvalue weighted by Gasteiger charge is 2.23. The minimum atomic E-state index is -4.47. The zero-order chi connectivity index (χ0) is 24.1. The van der Waals surface area contributed by atoms with Crippen molar-refractivity contribution in [2.24, 2.45) is 0 Å². The summed E-state index contributed by atoms with van der Waals surface area (Å²) in [5.41, 5.74) is 0.999. The van der Waals surface area contributed by atoms with Gasteiger partial charge in [0.1, 0.15) is 22.4 Å². The molecule has 0 atom stereocenters. The van der Waals surface area contributed by atoms with Crippen LogP contribution in [0.4, 0.5) is 25.8 Å². The van der Waals surface area contributed by atoms with Crippen LogP contribution in [-0.4, -0.2) is 46.5 Å². The molecule has 0 heterocycles. The second kappa shape index (κ2) is 10.6. The first-order valence-corrected chi connectivity index (χ1v) is 11.2. The molecule has 2 rings (SSSR count). The summed E-state index contributed by atoms with van der Waals surface area (Å²) in [5.74, 6) is -2.52. The van der Waals surface area contributed by atoms with Gasteiger partial charge in [0, 0.05) is 32.3 Å². The summed E-state index contributed by atoms with van der Waals surface area (Å²) in [6.07, 6.45) is 0.855. The topological polar surface area (TPSA) is 118 Å². The minimum Gasteiger partial charge on any atom is -0.512 e. The van der Waals surface area contributed by atoms with Gasteiger partial charge in [0.25, 0.3) is 10.0 Å². The lowest BCUT2D eigenvalue weighted by atomic mass is 10.2. The van der Waals surface area contributed by atoms with Gasteiger partial charge in [0.2, 0.25) is 0 Å². The molecular weight excluding hydrogens is 464 g/mol. The zero-order valence-corrected chi connectivity index (χ0v) is 19.2. The predicted octanol–water partition coefficient (Wildman–Crippen LogP) is 3.73. The summed E-state index contributed by atoms with van der Waals surface area (Å²) < 4.78 is 55.2. The maximum absolute atomic E-state index is 14.7. The van der Waals surface area contributed by atoms with Crippen molar-refractivity contribution in [1.82, 2.24) is 10.0 Å². The minimum absolute atomic E-state index is 0.0687. The Hall–Kier alpha value is -2.89. The number of nitrogens with zero attached hydrogens (tertiary/aromatic N) is 1. The summed E-state index contributed by atoms with van der Waals surface area (Å²) in [6.45, 7) is 2.45. The largest absolute Gasteiger partial charge is 0.512 e. The normalized spacial score (nSPS) is 11.9. The number of rotatable bonds is 9. The number of benzene rings is 2. The van der Waals surface area contributed by atoms with Crippen molar-refractivity contribution in [2.75, 3.05) is 37.4 Å². The lowest BCUT2D eigenvalue weighted by Gasteiger charge is -2.23. The van der Waals surface area contributed by atoms with Gasteiger partial charge in [-0.05, 0) is 38.2 Å². The number of halogens is 3. The first-order chi connectivity index (χ1) is 14.9. The fourth-order valence-corrected chi connectivity index (χ4v) is 4.06. The first kappa shape index (κ1) is 25.4. The average Bonchev–Trinajstić information content (AvgIpc) is 2.68. The van der Waals surface area contributed by atoms with Gasteiger partial charge >= 0.3 is 0 Å². The number of anilines is 3. The number of allylic oxidation sites excluding steroid dienone is 1. The van der Waals surface area contributed by atoms with Gasteiger partial charge in [-0.1, -0.05) is 11.6 Å². The molecule has 0 amide bonds. The number of nitrogens with one attached hydrogen (secondary N) is 4. The molecule has 0 spiro atoms. The van der Waals surface area contributed by atoms with Crippen LogP contribution in [0.3, 0.4) is 0 Å². The number of likely N-dealkylation sites (N-methyl/N-ethyl adjacent to an activating group) is 2.